The van der Waals surface area contributed by atoms with Crippen molar-refractivity contribution >= 4 is 22.1 Å². The number of nitrogens with zero attached hydrogens (tertiary/aromatic N) is 2. The Hall–Kier alpha value is -12.4. The monoisotopic (exact) mass is 1850 g/mol. The lowest BCUT2D eigenvalue weighted by atomic mass is 9.86. The maximum atomic E-state index is 12.5. The molecule has 0 aromatic heterocycles. The van der Waals surface area contributed by atoms with E-state index in [0.29, 0.717) is 67.3 Å². The predicted octanol–water partition coefficient (Wildman–Crippen LogP) is 26.9. The van der Waals surface area contributed by atoms with Gasteiger partial charge < -0.3 is 38.6 Å². The van der Waals surface area contributed by atoms with E-state index < -0.39 is 10.1 Å². The van der Waals surface area contributed by atoms with Gasteiger partial charge in [-0.2, -0.15) is 8.42 Å². The van der Waals surface area contributed by atoms with Crippen LogP contribution in [-0.4, -0.2) is 126 Å². The number of aryl methyl sites for hydroxylation is 7. The molecular formula is C120H144N2O13S. The Bertz CT molecular complexity index is 5880. The summed E-state index contributed by atoms with van der Waals surface area (Å²) in [6, 6.07) is 107. The number of rotatable bonds is 34. The number of carbonyl (C=O) groups is 2. The van der Waals surface area contributed by atoms with E-state index in [1.54, 1.807) is 52.7 Å². The molecule has 13 aromatic rings. The number of benzene rings is 13. The molecule has 2 N–H and O–H groups in total. The van der Waals surface area contributed by atoms with E-state index in [0.717, 1.165) is 105 Å². The molecule has 136 heavy (non-hydrogen) atoms. The second-order valence-corrected chi connectivity index (χ2v) is 37.8. The fourth-order valence-corrected chi connectivity index (χ4v) is 18.9. The predicted molar refractivity (Wildman–Crippen MR) is 555 cm³/mol. The molecule has 16 heteroatoms. The number of fused-ring (bicyclic) bond motifs is 1. The molecule has 1 aliphatic heterocycles. The summed E-state index contributed by atoms with van der Waals surface area (Å²) in [5.41, 5.74) is 21.9. The van der Waals surface area contributed by atoms with E-state index in [9.17, 15) is 28.2 Å². The van der Waals surface area contributed by atoms with Crippen LogP contribution in [-0.2, 0) is 28.6 Å². The van der Waals surface area contributed by atoms with Gasteiger partial charge in [-0.1, -0.05) is 306 Å². The summed E-state index contributed by atoms with van der Waals surface area (Å²) in [4.78, 5) is 28.7. The topological polar surface area (TPSA) is 180 Å². The summed E-state index contributed by atoms with van der Waals surface area (Å²) >= 11 is 0. The molecule has 0 amide bonds. The first-order valence-corrected chi connectivity index (χ1v) is 48.9. The Morgan fingerprint density at radius 1 is 0.375 bits per heavy atom. The highest BCUT2D eigenvalue weighted by molar-refractivity contribution is 7.86. The maximum absolute atomic E-state index is 12.5. The second kappa shape index (κ2) is 54.4. The van der Waals surface area contributed by atoms with Gasteiger partial charge in [0.15, 0.2) is 0 Å². The van der Waals surface area contributed by atoms with Crippen molar-refractivity contribution in [2.24, 2.45) is 0 Å². The molecule has 0 saturated heterocycles. The lowest BCUT2D eigenvalue weighted by Gasteiger charge is -2.32. The molecule has 13 aromatic carbocycles. The molecule has 0 aliphatic carbocycles. The van der Waals surface area contributed by atoms with Gasteiger partial charge in [0.05, 0.1) is 59.9 Å². The summed E-state index contributed by atoms with van der Waals surface area (Å²) < 4.78 is 62.8. The van der Waals surface area contributed by atoms with E-state index in [1.807, 2.05) is 185 Å². The molecular weight excluding hydrogens is 1710 g/mol. The first kappa shape index (κ1) is 107. The van der Waals surface area contributed by atoms with Gasteiger partial charge in [-0.15, -0.1) is 0 Å². The minimum atomic E-state index is -3.79. The lowest BCUT2D eigenvalue weighted by molar-refractivity contribution is -0.141. The Kier molecular flexibility index (Phi) is 42.9. The molecule has 0 bridgehead atoms. The SMILES string of the molecule is COC(=O)CC(c1ccccc1)c1cc(C)ccc1OC.COc1ccc(C)cc1C(CCN(C(C)C)C(C)C)c1ccccc1.COc1ccc(C)cc1C(CCO)c1ccccc1.COc1ccc(C)cc1C(CCOS(=O)(=O)c1ccc(C)cc1)c1ccccc1.Cc1ccc(O)c(C(CCN(C(C)C)C(C)C)c2ccccc2)c1.Cc1ccc2c(c1)C(c1ccccc1)CC(=O)O2. The highest BCUT2D eigenvalue weighted by Gasteiger charge is 2.31. The smallest absolute Gasteiger partial charge is 0.312 e. The van der Waals surface area contributed by atoms with Gasteiger partial charge in [0.2, 0.25) is 0 Å². The molecule has 1 heterocycles. The number of aliphatic hydroxyl groups excluding tert-OH is 1. The van der Waals surface area contributed by atoms with E-state index >= 15 is 0 Å². The third-order valence-corrected chi connectivity index (χ3v) is 26.3. The van der Waals surface area contributed by atoms with E-state index in [1.165, 1.54) is 57.2 Å². The zero-order valence-corrected chi connectivity index (χ0v) is 84.4. The number of hydrogen-bond acceptors (Lipinski definition) is 15. The third kappa shape index (κ3) is 31.9. The van der Waals surface area contributed by atoms with Crippen molar-refractivity contribution in [3.8, 4) is 34.5 Å². The van der Waals surface area contributed by atoms with Crippen LogP contribution in [0.4, 0.5) is 0 Å². The van der Waals surface area contributed by atoms with Gasteiger partial charge in [-0.05, 0) is 225 Å². The van der Waals surface area contributed by atoms with Crippen LogP contribution in [0.1, 0.15) is 235 Å². The van der Waals surface area contributed by atoms with Gasteiger partial charge in [0.1, 0.15) is 34.5 Å². The van der Waals surface area contributed by atoms with E-state index in [4.69, 9.17) is 32.6 Å². The van der Waals surface area contributed by atoms with Crippen molar-refractivity contribution < 1.29 is 60.8 Å². The van der Waals surface area contributed by atoms with Gasteiger partial charge in [-0.25, -0.2) is 0 Å². The molecule has 0 radical (unpaired) electrons. The number of phenols is 1. The fourth-order valence-electron chi connectivity index (χ4n) is 18.0. The maximum Gasteiger partial charge on any atom is 0.312 e. The molecule has 0 fully saturated rings. The van der Waals surface area contributed by atoms with Gasteiger partial charge in [0.25, 0.3) is 10.1 Å². The molecule has 6 atom stereocenters. The zero-order valence-electron chi connectivity index (χ0n) is 83.6. The molecule has 15 nitrogen and oxygen atoms in total. The van der Waals surface area contributed by atoms with Crippen LogP contribution in [0.5, 0.6) is 34.5 Å². The minimum absolute atomic E-state index is 0.0423. The van der Waals surface area contributed by atoms with Crippen LogP contribution in [0, 0.1) is 48.5 Å². The Morgan fingerprint density at radius 2 is 0.684 bits per heavy atom. The Morgan fingerprint density at radius 3 is 1.04 bits per heavy atom. The molecule has 0 saturated carbocycles. The summed E-state index contributed by atoms with van der Waals surface area (Å²) in [6.45, 7) is 34.8. The van der Waals surface area contributed by atoms with Crippen LogP contribution in [0.15, 0.2) is 320 Å². The van der Waals surface area contributed by atoms with Gasteiger partial charge >= 0.3 is 11.9 Å². The Labute approximate surface area is 812 Å². The Balaban J connectivity index is 0.000000184. The van der Waals surface area contributed by atoms with Crippen molar-refractivity contribution in [3.63, 3.8) is 0 Å². The molecule has 718 valence electrons. The van der Waals surface area contributed by atoms with Crippen molar-refractivity contribution in [3.05, 3.63) is 421 Å². The zero-order chi connectivity index (χ0) is 98.4. The minimum Gasteiger partial charge on any atom is -0.508 e. The largest absolute Gasteiger partial charge is 0.508 e. The van der Waals surface area contributed by atoms with E-state index in [2.05, 4.69) is 220 Å². The number of carbonyl (C=O) groups excluding carboxylic acids is 2. The van der Waals surface area contributed by atoms with Crippen LogP contribution in [0.3, 0.4) is 0 Å². The fraction of sp³-hybridized carbons (Fsp3) is 0.333. The van der Waals surface area contributed by atoms with Crippen molar-refractivity contribution in [2.75, 3.05) is 61.9 Å². The first-order valence-electron chi connectivity index (χ1n) is 47.5. The summed E-state index contributed by atoms with van der Waals surface area (Å²) in [7, 11) is 4.38. The van der Waals surface area contributed by atoms with Crippen LogP contribution >= 0.6 is 0 Å². The number of esters is 2. The van der Waals surface area contributed by atoms with Gasteiger partial charge in [-0.3, -0.25) is 23.6 Å². The second-order valence-electron chi connectivity index (χ2n) is 36.1. The average Bonchev–Trinajstić information content (AvgIpc) is 0.784. The standard InChI is InChI=1S/C24H26O4S.C23H33NO.C22H31NO.C18H20O3.C17H20O2.C16H14O2/c1-18-9-12-21(13-10-18)29(25,26)28-16-15-22(20-7-5-4-6-8-20)23-17-19(2)11-14-24(23)27-3;1-17(2)24(18(3)4)15-14-21(20-10-8-7-9-11-20)22-16-19(5)12-13-23(22)25-6;1-16(2)23(17(3)4)14-13-20(19-9-7-6-8-10-19)21-15-18(5)11-12-22(21)24;1-13-9-10-17(20-2)16(11-13)15(12-18(19)21-3)14-7-5-4-6-8-14;1-13-8-9-17(19-2)16(12-13)15(10-11-18)14-6-4-3-5-7-14;1-11-7-8-15-14(9-11)13(10-16(17)18-15)12-5-3-2-4-6-12/h4-14,17,22H,15-16H2,1-3H3;7-13,16-18,21H,14-15H2,1-6H3;6-12,15-17,20,24H,13-14H2,1-5H3;4-11,15H,12H2,1-3H3;3-9,12,15,18H,10-11H2,1-2H3;2-9,13H,10H2,1H3. The molecule has 14 rings (SSSR count). The highest BCUT2D eigenvalue weighted by atomic mass is 32.2. The summed E-state index contributed by atoms with van der Waals surface area (Å²) in [5, 5.41) is 19.8. The number of phenolic OH excluding ortho intramolecular Hbond substituents is 1. The quantitative estimate of drug-likeness (QED) is 0.0221. The number of aromatic hydroxyl groups is 1. The van der Waals surface area contributed by atoms with Crippen LogP contribution < -0.4 is 23.7 Å². The summed E-state index contributed by atoms with van der Waals surface area (Å²) in [5.74, 6) is 4.88. The van der Waals surface area contributed by atoms with Crippen molar-refractivity contribution in [2.45, 2.75) is 207 Å². The molecule has 1 aliphatic rings. The highest BCUT2D eigenvalue weighted by Crippen LogP contribution is 2.43. The average molecular weight is 1850 g/mol. The first-order chi connectivity index (χ1) is 65.4. The normalized spacial score (nSPS) is 13.2. The molecule has 6 unspecified atom stereocenters. The number of methoxy groups -OCH3 is 5. The lowest BCUT2D eigenvalue weighted by Crippen LogP contribution is -2.38. The number of aliphatic hydroxyl groups is 1. The number of hydrogen-bond donors (Lipinski definition) is 2. The number of ether oxygens (including phenoxy) is 6. The van der Waals surface area contributed by atoms with Crippen molar-refractivity contribution in [1.82, 2.24) is 9.80 Å². The third-order valence-electron chi connectivity index (χ3n) is 24.9. The van der Waals surface area contributed by atoms with Gasteiger partial charge in [0, 0.05) is 99.7 Å². The van der Waals surface area contributed by atoms with E-state index in [-0.39, 0.29) is 59.6 Å². The van der Waals surface area contributed by atoms with Crippen LogP contribution in [0.25, 0.3) is 0 Å². The van der Waals surface area contributed by atoms with Crippen LogP contribution in [0.2, 0.25) is 0 Å². The van der Waals surface area contributed by atoms with Crippen molar-refractivity contribution in [1.29, 1.82) is 0 Å². The molecule has 0 spiro atoms. The summed E-state index contributed by atoms with van der Waals surface area (Å²) in [6.07, 6.45) is 4.00.